The lowest BCUT2D eigenvalue weighted by molar-refractivity contribution is -0.192. The highest BCUT2D eigenvalue weighted by molar-refractivity contribution is 5.80. The Morgan fingerprint density at radius 1 is 1.37 bits per heavy atom. The average molecular weight is 431 g/mol. The lowest BCUT2D eigenvalue weighted by Gasteiger charge is -2.37. The molecule has 0 saturated carbocycles. The molecule has 2 N–H and O–H groups in total. The van der Waals surface area contributed by atoms with Crippen LogP contribution >= 0.6 is 0 Å². The van der Waals surface area contributed by atoms with E-state index in [2.05, 4.69) is 21.3 Å². The van der Waals surface area contributed by atoms with Gasteiger partial charge >= 0.3 is 12.1 Å². The van der Waals surface area contributed by atoms with Crippen LogP contribution in [0, 0.1) is 11.3 Å². The summed E-state index contributed by atoms with van der Waals surface area (Å²) in [5, 5.41) is 10.2. The van der Waals surface area contributed by atoms with Crippen LogP contribution in [0.5, 0.6) is 0 Å². The van der Waals surface area contributed by atoms with Crippen molar-refractivity contribution in [3.8, 4) is 0 Å². The third kappa shape index (κ3) is 6.66. The number of aromatic nitrogens is 1. The van der Waals surface area contributed by atoms with E-state index in [-0.39, 0.29) is 23.3 Å². The number of carboxylic acids is 1. The first kappa shape index (κ1) is 24.1. The van der Waals surface area contributed by atoms with E-state index in [1.165, 1.54) is 5.56 Å². The van der Waals surface area contributed by atoms with Gasteiger partial charge < -0.3 is 15.2 Å². The zero-order chi connectivity index (χ0) is 22.4. The van der Waals surface area contributed by atoms with Crippen molar-refractivity contribution in [3.63, 3.8) is 0 Å². The standard InChI is InChI=1S/C18H27N3O2.C2HF3O2/c1-14(2)20-17(22)16-12-21(11-15-4-3-7-19-10-15)13-18(16)5-8-23-9-6-18;3-2(4,5)1(6)7/h3-4,7,10,14,16H,5-6,8-9,11-13H2,1-2H3,(H,20,22);(H,6,7). The number of likely N-dealkylation sites (tertiary alicyclic amines) is 1. The average Bonchev–Trinajstić information content (AvgIpc) is 2.99. The van der Waals surface area contributed by atoms with Gasteiger partial charge in [-0.1, -0.05) is 6.07 Å². The Bertz CT molecular complexity index is 707. The number of carbonyl (C=O) groups excluding carboxylic acids is 1. The van der Waals surface area contributed by atoms with Crippen molar-refractivity contribution in [2.24, 2.45) is 11.3 Å². The van der Waals surface area contributed by atoms with E-state index < -0.39 is 12.1 Å². The minimum Gasteiger partial charge on any atom is -0.475 e. The quantitative estimate of drug-likeness (QED) is 0.761. The molecule has 0 bridgehead atoms. The van der Waals surface area contributed by atoms with E-state index in [4.69, 9.17) is 14.6 Å². The van der Waals surface area contributed by atoms with Crippen LogP contribution in [0.1, 0.15) is 32.3 Å². The van der Waals surface area contributed by atoms with Gasteiger partial charge in [-0.25, -0.2) is 4.79 Å². The summed E-state index contributed by atoms with van der Waals surface area (Å²) in [7, 11) is 0. The van der Waals surface area contributed by atoms with Gasteiger partial charge in [0.15, 0.2) is 0 Å². The predicted octanol–water partition coefficient (Wildman–Crippen LogP) is 2.47. The second kappa shape index (κ2) is 10.2. The van der Waals surface area contributed by atoms with Gasteiger partial charge in [0.2, 0.25) is 5.91 Å². The molecule has 1 aromatic heterocycles. The maximum Gasteiger partial charge on any atom is 0.490 e. The van der Waals surface area contributed by atoms with Crippen molar-refractivity contribution in [2.45, 2.75) is 45.5 Å². The number of nitrogens with one attached hydrogen (secondary N) is 1. The van der Waals surface area contributed by atoms with Gasteiger partial charge in [-0.15, -0.1) is 0 Å². The molecule has 2 aliphatic heterocycles. The summed E-state index contributed by atoms with van der Waals surface area (Å²) in [5.41, 5.74) is 1.28. The van der Waals surface area contributed by atoms with Crippen molar-refractivity contribution in [2.75, 3.05) is 26.3 Å². The molecule has 0 aromatic carbocycles. The first-order valence-corrected chi connectivity index (χ1v) is 9.83. The number of pyridine rings is 1. The Kier molecular flexibility index (Phi) is 8.19. The molecule has 3 rings (SSSR count). The SMILES string of the molecule is CC(C)NC(=O)C1CN(Cc2cccnc2)CC12CCOCC2.O=C(O)C(F)(F)F. The number of halogens is 3. The van der Waals surface area contributed by atoms with Crippen LogP contribution in [-0.4, -0.2) is 65.4 Å². The van der Waals surface area contributed by atoms with Crippen LogP contribution in [0.2, 0.25) is 0 Å². The molecule has 1 aromatic rings. The minimum atomic E-state index is -5.08. The summed E-state index contributed by atoms with van der Waals surface area (Å²) in [6.07, 6.45) is 0.587. The van der Waals surface area contributed by atoms with E-state index in [0.29, 0.717) is 0 Å². The Morgan fingerprint density at radius 2 is 2.00 bits per heavy atom. The smallest absolute Gasteiger partial charge is 0.475 e. The summed E-state index contributed by atoms with van der Waals surface area (Å²) < 4.78 is 37.3. The molecule has 2 saturated heterocycles. The van der Waals surface area contributed by atoms with E-state index >= 15 is 0 Å². The molecule has 2 fully saturated rings. The number of amides is 1. The number of aliphatic carboxylic acids is 1. The van der Waals surface area contributed by atoms with Gasteiger partial charge in [-0.2, -0.15) is 13.2 Å². The number of hydrogen-bond acceptors (Lipinski definition) is 5. The summed E-state index contributed by atoms with van der Waals surface area (Å²) in [5.74, 6) is -2.49. The molecule has 7 nitrogen and oxygen atoms in total. The fraction of sp³-hybridized carbons (Fsp3) is 0.650. The topological polar surface area (TPSA) is 91.8 Å². The van der Waals surface area contributed by atoms with Crippen molar-refractivity contribution in [1.29, 1.82) is 0 Å². The van der Waals surface area contributed by atoms with Gasteiger partial charge in [0, 0.05) is 56.7 Å². The fourth-order valence-corrected chi connectivity index (χ4v) is 3.97. The number of rotatable bonds is 4. The summed E-state index contributed by atoms with van der Waals surface area (Å²) in [6.45, 7) is 8.25. The first-order valence-electron chi connectivity index (χ1n) is 9.83. The van der Waals surface area contributed by atoms with Crippen molar-refractivity contribution in [1.82, 2.24) is 15.2 Å². The molecule has 3 heterocycles. The van der Waals surface area contributed by atoms with Crippen LogP contribution in [0.3, 0.4) is 0 Å². The third-order valence-electron chi connectivity index (χ3n) is 5.33. The molecular formula is C20H28F3N3O4. The van der Waals surface area contributed by atoms with Crippen LogP contribution < -0.4 is 5.32 Å². The number of alkyl halides is 3. The summed E-state index contributed by atoms with van der Waals surface area (Å²) in [4.78, 5) is 28.2. The van der Waals surface area contributed by atoms with Gasteiger partial charge in [-0.05, 0) is 38.3 Å². The molecule has 10 heteroatoms. The Hall–Kier alpha value is -2.20. The van der Waals surface area contributed by atoms with Crippen LogP contribution in [-0.2, 0) is 20.9 Å². The zero-order valence-corrected chi connectivity index (χ0v) is 17.1. The molecular weight excluding hydrogens is 403 g/mol. The molecule has 1 spiro atoms. The zero-order valence-electron chi connectivity index (χ0n) is 17.1. The molecule has 168 valence electrons. The van der Waals surface area contributed by atoms with E-state index in [9.17, 15) is 18.0 Å². The Balaban J connectivity index is 0.000000396. The van der Waals surface area contributed by atoms with Crippen molar-refractivity contribution < 1.29 is 32.6 Å². The van der Waals surface area contributed by atoms with Gasteiger partial charge in [0.25, 0.3) is 0 Å². The van der Waals surface area contributed by atoms with Crippen molar-refractivity contribution in [3.05, 3.63) is 30.1 Å². The summed E-state index contributed by atoms with van der Waals surface area (Å²) >= 11 is 0. The number of carbonyl (C=O) groups is 2. The molecule has 30 heavy (non-hydrogen) atoms. The second-order valence-corrected chi connectivity index (χ2v) is 8.02. The first-order chi connectivity index (χ1) is 14.0. The Morgan fingerprint density at radius 3 is 2.50 bits per heavy atom. The van der Waals surface area contributed by atoms with E-state index in [1.807, 2.05) is 26.1 Å². The highest BCUT2D eigenvalue weighted by Gasteiger charge is 2.50. The largest absolute Gasteiger partial charge is 0.490 e. The van der Waals surface area contributed by atoms with Gasteiger partial charge in [-0.3, -0.25) is 14.7 Å². The van der Waals surface area contributed by atoms with Gasteiger partial charge in [0.1, 0.15) is 0 Å². The maximum absolute atomic E-state index is 12.7. The van der Waals surface area contributed by atoms with Gasteiger partial charge in [0.05, 0.1) is 5.92 Å². The monoisotopic (exact) mass is 431 g/mol. The van der Waals surface area contributed by atoms with Crippen molar-refractivity contribution >= 4 is 11.9 Å². The summed E-state index contributed by atoms with van der Waals surface area (Å²) in [6, 6.07) is 4.26. The molecule has 0 radical (unpaired) electrons. The predicted molar refractivity (Wildman–Crippen MR) is 102 cm³/mol. The molecule has 1 unspecified atom stereocenters. The van der Waals surface area contributed by atoms with Crippen LogP contribution in [0.25, 0.3) is 0 Å². The van der Waals surface area contributed by atoms with E-state index in [1.54, 1.807) is 6.20 Å². The number of nitrogens with zero attached hydrogens (tertiary/aromatic N) is 2. The van der Waals surface area contributed by atoms with Crippen LogP contribution in [0.4, 0.5) is 13.2 Å². The van der Waals surface area contributed by atoms with E-state index in [0.717, 1.165) is 45.7 Å². The second-order valence-electron chi connectivity index (χ2n) is 8.02. The highest BCUT2D eigenvalue weighted by Crippen LogP contribution is 2.44. The number of hydrogen-bond donors (Lipinski definition) is 2. The normalized spacial score (nSPS) is 21.2. The molecule has 1 atom stereocenters. The lowest BCUT2D eigenvalue weighted by atomic mass is 9.71. The third-order valence-corrected chi connectivity index (χ3v) is 5.33. The number of ether oxygens (including phenoxy) is 1. The number of carboxylic acid groups (broad SMARTS) is 1. The Labute approximate surface area is 173 Å². The molecule has 0 aliphatic carbocycles. The minimum absolute atomic E-state index is 0.0606. The molecule has 1 amide bonds. The highest BCUT2D eigenvalue weighted by atomic mass is 19.4. The molecule has 2 aliphatic rings. The fourth-order valence-electron chi connectivity index (χ4n) is 3.97. The van der Waals surface area contributed by atoms with Crippen LogP contribution in [0.15, 0.2) is 24.5 Å². The maximum atomic E-state index is 12.7. The lowest BCUT2D eigenvalue weighted by Crippen LogP contribution is -2.46.